The van der Waals surface area contributed by atoms with Crippen LogP contribution >= 0.6 is 0 Å². The number of hydrogen-bond acceptors (Lipinski definition) is 1. The van der Waals surface area contributed by atoms with Crippen molar-refractivity contribution >= 4 is 0 Å². The van der Waals surface area contributed by atoms with Crippen LogP contribution in [0.5, 0.6) is 0 Å². The Morgan fingerprint density at radius 2 is 1.55 bits per heavy atom. The van der Waals surface area contributed by atoms with Gasteiger partial charge >= 0.3 is 6.18 Å². The van der Waals surface area contributed by atoms with Crippen LogP contribution in [0.4, 0.5) is 13.2 Å². The van der Waals surface area contributed by atoms with Crippen molar-refractivity contribution in [2.75, 3.05) is 0 Å². The Labute approximate surface area is 115 Å². The van der Waals surface area contributed by atoms with Crippen LogP contribution in [0.15, 0.2) is 42.5 Å². The molecule has 106 valence electrons. The quantitative estimate of drug-likeness (QED) is 0.882. The highest BCUT2D eigenvalue weighted by Gasteiger charge is 2.33. The Morgan fingerprint density at radius 1 is 0.950 bits per heavy atom. The fraction of sp³-hybridized carbons (Fsp3) is 0.250. The monoisotopic (exact) mass is 280 g/mol. The van der Waals surface area contributed by atoms with Crippen LogP contribution in [0.1, 0.15) is 23.6 Å². The zero-order valence-corrected chi connectivity index (χ0v) is 11.0. The van der Waals surface area contributed by atoms with Crippen molar-refractivity contribution in [1.29, 1.82) is 0 Å². The summed E-state index contributed by atoms with van der Waals surface area (Å²) >= 11 is 0. The minimum atomic E-state index is -4.38. The van der Waals surface area contributed by atoms with E-state index >= 15 is 0 Å². The number of aliphatic hydroxyl groups is 1. The summed E-state index contributed by atoms with van der Waals surface area (Å²) in [6.07, 6.45) is -3.82. The summed E-state index contributed by atoms with van der Waals surface area (Å²) in [6.45, 7) is 1.70. The van der Waals surface area contributed by atoms with E-state index in [4.69, 9.17) is 5.11 Å². The molecule has 0 fully saturated rings. The van der Waals surface area contributed by atoms with Crippen LogP contribution < -0.4 is 0 Å². The van der Waals surface area contributed by atoms with Gasteiger partial charge in [-0.1, -0.05) is 43.3 Å². The minimum absolute atomic E-state index is 0.124. The van der Waals surface area contributed by atoms with Gasteiger partial charge in [0, 0.05) is 0 Å². The molecular weight excluding hydrogens is 265 g/mol. The Kier molecular flexibility index (Phi) is 4.14. The lowest BCUT2D eigenvalue weighted by molar-refractivity contribution is -0.137. The van der Waals surface area contributed by atoms with Crippen molar-refractivity contribution < 1.29 is 18.3 Å². The number of alkyl halides is 3. The normalized spacial score (nSPS) is 11.7. The van der Waals surface area contributed by atoms with Gasteiger partial charge in [-0.05, 0) is 34.7 Å². The highest BCUT2D eigenvalue weighted by atomic mass is 19.4. The van der Waals surface area contributed by atoms with Crippen LogP contribution in [0, 0.1) is 0 Å². The van der Waals surface area contributed by atoms with Gasteiger partial charge in [-0.15, -0.1) is 0 Å². The lowest BCUT2D eigenvalue weighted by Gasteiger charge is -2.14. The second kappa shape index (κ2) is 5.67. The molecule has 0 radical (unpaired) electrons. The molecule has 0 aliphatic carbocycles. The topological polar surface area (TPSA) is 20.2 Å². The summed E-state index contributed by atoms with van der Waals surface area (Å²) in [4.78, 5) is 0. The third-order valence-corrected chi connectivity index (χ3v) is 3.25. The van der Waals surface area contributed by atoms with E-state index in [2.05, 4.69) is 0 Å². The molecule has 2 aromatic rings. The minimum Gasteiger partial charge on any atom is -0.392 e. The number of aryl methyl sites for hydroxylation is 1. The predicted molar refractivity (Wildman–Crippen MR) is 72.2 cm³/mol. The average Bonchev–Trinajstić information content (AvgIpc) is 2.46. The van der Waals surface area contributed by atoms with E-state index in [0.29, 0.717) is 23.1 Å². The van der Waals surface area contributed by atoms with E-state index in [-0.39, 0.29) is 12.2 Å². The summed E-state index contributed by atoms with van der Waals surface area (Å²) in [5, 5.41) is 8.97. The van der Waals surface area contributed by atoms with Gasteiger partial charge in [-0.3, -0.25) is 0 Å². The van der Waals surface area contributed by atoms with E-state index in [0.717, 1.165) is 0 Å². The third kappa shape index (κ3) is 3.02. The van der Waals surface area contributed by atoms with E-state index in [9.17, 15) is 13.2 Å². The van der Waals surface area contributed by atoms with Gasteiger partial charge < -0.3 is 5.11 Å². The fourth-order valence-electron chi connectivity index (χ4n) is 2.09. The van der Waals surface area contributed by atoms with Crippen molar-refractivity contribution in [3.63, 3.8) is 0 Å². The standard InChI is InChI=1S/C16H15F3O/c1-2-11-5-8-14(15(9-11)16(17,18)19)13-6-3-12(10-20)4-7-13/h3-9,20H,2,10H2,1H3. The first-order valence-electron chi connectivity index (χ1n) is 6.36. The molecule has 1 N–H and O–H groups in total. The first-order valence-corrected chi connectivity index (χ1v) is 6.36. The van der Waals surface area contributed by atoms with Gasteiger partial charge in [-0.2, -0.15) is 13.2 Å². The van der Waals surface area contributed by atoms with Gasteiger partial charge in [0.05, 0.1) is 12.2 Å². The third-order valence-electron chi connectivity index (χ3n) is 3.25. The largest absolute Gasteiger partial charge is 0.417 e. The molecule has 1 nitrogen and oxygen atoms in total. The Hall–Kier alpha value is -1.81. The number of hydrogen-bond donors (Lipinski definition) is 1. The summed E-state index contributed by atoms with van der Waals surface area (Å²) in [5.41, 5.74) is 1.38. The molecule has 0 amide bonds. The van der Waals surface area contributed by atoms with Crippen molar-refractivity contribution in [3.8, 4) is 11.1 Å². The van der Waals surface area contributed by atoms with Crippen molar-refractivity contribution in [3.05, 3.63) is 59.2 Å². The number of benzene rings is 2. The van der Waals surface area contributed by atoms with Crippen molar-refractivity contribution in [1.82, 2.24) is 0 Å². The zero-order chi connectivity index (χ0) is 14.8. The first kappa shape index (κ1) is 14.6. The van der Waals surface area contributed by atoms with E-state index < -0.39 is 11.7 Å². The van der Waals surface area contributed by atoms with Gasteiger partial charge in [0.2, 0.25) is 0 Å². The average molecular weight is 280 g/mol. The van der Waals surface area contributed by atoms with Crippen molar-refractivity contribution in [2.45, 2.75) is 26.1 Å². The molecule has 0 saturated carbocycles. The fourth-order valence-corrected chi connectivity index (χ4v) is 2.09. The first-order chi connectivity index (χ1) is 9.45. The van der Waals surface area contributed by atoms with Crippen LogP contribution in [0.25, 0.3) is 11.1 Å². The SMILES string of the molecule is CCc1ccc(-c2ccc(CO)cc2)c(C(F)(F)F)c1. The maximum Gasteiger partial charge on any atom is 0.417 e. The van der Waals surface area contributed by atoms with Gasteiger partial charge in [0.1, 0.15) is 0 Å². The lowest BCUT2D eigenvalue weighted by atomic mass is 9.96. The lowest BCUT2D eigenvalue weighted by Crippen LogP contribution is -2.08. The highest BCUT2D eigenvalue weighted by Crippen LogP contribution is 2.37. The summed E-state index contributed by atoms with van der Waals surface area (Å²) in [7, 11) is 0. The van der Waals surface area contributed by atoms with Gasteiger partial charge in [-0.25, -0.2) is 0 Å². The van der Waals surface area contributed by atoms with Crippen molar-refractivity contribution in [2.24, 2.45) is 0 Å². The maximum atomic E-state index is 13.2. The summed E-state index contributed by atoms with van der Waals surface area (Å²) in [5.74, 6) is 0. The molecule has 0 saturated heterocycles. The summed E-state index contributed by atoms with van der Waals surface area (Å²) in [6, 6.07) is 10.9. The zero-order valence-electron chi connectivity index (χ0n) is 11.0. The second-order valence-electron chi connectivity index (χ2n) is 4.59. The molecule has 4 heteroatoms. The van der Waals surface area contributed by atoms with Crippen LogP contribution in [-0.4, -0.2) is 5.11 Å². The molecule has 0 unspecified atom stereocenters. The Bertz CT molecular complexity index is 586. The van der Waals surface area contributed by atoms with Crippen LogP contribution in [-0.2, 0) is 19.2 Å². The van der Waals surface area contributed by atoms with Gasteiger partial charge in [0.15, 0.2) is 0 Å². The Balaban J connectivity index is 2.54. The Morgan fingerprint density at radius 3 is 2.05 bits per heavy atom. The second-order valence-corrected chi connectivity index (χ2v) is 4.59. The van der Waals surface area contributed by atoms with Gasteiger partial charge in [0.25, 0.3) is 0 Å². The van der Waals surface area contributed by atoms with E-state index in [1.54, 1.807) is 30.3 Å². The predicted octanol–water partition coefficient (Wildman–Crippen LogP) is 4.43. The molecule has 2 rings (SSSR count). The molecule has 2 aromatic carbocycles. The number of rotatable bonds is 3. The molecule has 0 aromatic heterocycles. The molecule has 0 aliphatic rings. The number of aliphatic hydroxyl groups excluding tert-OH is 1. The highest BCUT2D eigenvalue weighted by molar-refractivity contribution is 5.68. The van der Waals surface area contributed by atoms with Crippen LogP contribution in [0.3, 0.4) is 0 Å². The molecule has 0 spiro atoms. The molecule has 20 heavy (non-hydrogen) atoms. The molecule has 0 heterocycles. The molecule has 0 aliphatic heterocycles. The molecule has 0 bridgehead atoms. The molecular formula is C16H15F3O. The smallest absolute Gasteiger partial charge is 0.392 e. The maximum absolute atomic E-state index is 13.2. The molecule has 0 atom stereocenters. The number of halogens is 3. The van der Waals surface area contributed by atoms with E-state index in [1.165, 1.54) is 12.1 Å². The van der Waals surface area contributed by atoms with E-state index in [1.807, 2.05) is 6.92 Å². The van der Waals surface area contributed by atoms with Crippen LogP contribution in [0.2, 0.25) is 0 Å². The summed E-state index contributed by atoms with van der Waals surface area (Å²) < 4.78 is 39.5.